The van der Waals surface area contributed by atoms with E-state index in [0.717, 1.165) is 5.56 Å². The maximum Gasteiger partial charge on any atom is 0.307 e. The van der Waals surface area contributed by atoms with Crippen molar-refractivity contribution in [2.45, 2.75) is 19.4 Å². The Morgan fingerprint density at radius 1 is 1.00 bits per heavy atom. The smallest absolute Gasteiger partial charge is 0.307 e. The van der Waals surface area contributed by atoms with Crippen molar-refractivity contribution in [1.29, 1.82) is 0 Å². The lowest BCUT2D eigenvalue weighted by molar-refractivity contribution is -0.141. The first kappa shape index (κ1) is 21.0. The number of ether oxygens (including phenoxy) is 3. The molecule has 0 bridgehead atoms. The average molecular weight is 385 g/mol. The monoisotopic (exact) mass is 385 g/mol. The van der Waals surface area contributed by atoms with Crippen LogP contribution in [0.3, 0.4) is 0 Å². The van der Waals surface area contributed by atoms with Crippen molar-refractivity contribution in [3.8, 4) is 11.5 Å². The Hall–Kier alpha value is -3.35. The highest BCUT2D eigenvalue weighted by Gasteiger charge is 2.19. The molecule has 7 nitrogen and oxygen atoms in total. The first-order valence-corrected chi connectivity index (χ1v) is 8.67. The van der Waals surface area contributed by atoms with Crippen LogP contribution in [0.15, 0.2) is 48.5 Å². The Balaban J connectivity index is 2.05. The molecule has 0 fully saturated rings. The van der Waals surface area contributed by atoms with E-state index in [2.05, 4.69) is 5.32 Å². The highest BCUT2D eigenvalue weighted by atomic mass is 16.5. The summed E-state index contributed by atoms with van der Waals surface area (Å²) in [5, 5.41) is 2.78. The molecule has 0 aromatic heterocycles. The van der Waals surface area contributed by atoms with Crippen LogP contribution in [-0.4, -0.2) is 38.5 Å². The predicted octanol–water partition coefficient (Wildman–Crippen LogP) is 2.70. The van der Waals surface area contributed by atoms with Crippen LogP contribution >= 0.6 is 0 Å². The van der Waals surface area contributed by atoms with Gasteiger partial charge in [-0.2, -0.15) is 0 Å². The number of carbonyl (C=O) groups is 3. The molecular weight excluding hydrogens is 362 g/mol. The molecule has 0 aliphatic rings. The van der Waals surface area contributed by atoms with Crippen LogP contribution in [0.2, 0.25) is 0 Å². The Labute approximate surface area is 163 Å². The molecule has 0 saturated heterocycles. The summed E-state index contributed by atoms with van der Waals surface area (Å²) < 4.78 is 15.5. The van der Waals surface area contributed by atoms with Crippen LogP contribution < -0.4 is 14.8 Å². The van der Waals surface area contributed by atoms with Gasteiger partial charge in [-0.05, 0) is 30.7 Å². The van der Waals surface area contributed by atoms with E-state index in [4.69, 9.17) is 14.2 Å². The number of nitrogens with one attached hydrogen (secondary N) is 1. The summed E-state index contributed by atoms with van der Waals surface area (Å²) in [6.07, 6.45) is 0.00286. The van der Waals surface area contributed by atoms with Gasteiger partial charge in [0.1, 0.15) is 0 Å². The van der Waals surface area contributed by atoms with E-state index < -0.39 is 17.9 Å². The minimum Gasteiger partial charge on any atom is -0.493 e. The highest BCUT2D eigenvalue weighted by molar-refractivity contribution is 5.94. The largest absolute Gasteiger partial charge is 0.493 e. The van der Waals surface area contributed by atoms with E-state index in [9.17, 15) is 14.4 Å². The molecule has 0 aliphatic carbocycles. The summed E-state index contributed by atoms with van der Waals surface area (Å²) in [5.41, 5.74) is 1.26. The third-order valence-corrected chi connectivity index (χ3v) is 4.06. The second-order valence-corrected chi connectivity index (χ2v) is 6.02. The quantitative estimate of drug-likeness (QED) is 0.527. The number of benzene rings is 2. The molecule has 2 aromatic rings. The minimum absolute atomic E-state index is 0.00286. The van der Waals surface area contributed by atoms with Gasteiger partial charge >= 0.3 is 5.97 Å². The van der Waals surface area contributed by atoms with Crippen LogP contribution in [0.25, 0.3) is 0 Å². The number of methoxy groups -OCH3 is 2. The zero-order valence-electron chi connectivity index (χ0n) is 16.1. The topological polar surface area (TPSA) is 90.9 Å². The van der Waals surface area contributed by atoms with E-state index in [1.807, 2.05) is 30.3 Å². The van der Waals surface area contributed by atoms with Gasteiger partial charge in [0.15, 0.2) is 23.9 Å². The number of Topliss-reactive ketones (excluding diaryl/α,β-unsaturated/α-hetero) is 1. The Kier molecular flexibility index (Phi) is 7.56. The first-order valence-electron chi connectivity index (χ1n) is 8.67. The Bertz CT molecular complexity index is 834. The fourth-order valence-corrected chi connectivity index (χ4v) is 2.57. The number of esters is 1. The molecule has 0 aliphatic heterocycles. The number of amides is 1. The maximum absolute atomic E-state index is 12.4. The van der Waals surface area contributed by atoms with Crippen molar-refractivity contribution >= 4 is 17.7 Å². The van der Waals surface area contributed by atoms with Gasteiger partial charge in [0.25, 0.3) is 5.91 Å². The van der Waals surface area contributed by atoms with E-state index in [0.29, 0.717) is 17.1 Å². The summed E-state index contributed by atoms with van der Waals surface area (Å²) in [5.74, 6) is -0.246. The lowest BCUT2D eigenvalue weighted by Crippen LogP contribution is -2.34. The molecule has 28 heavy (non-hydrogen) atoms. The van der Waals surface area contributed by atoms with Crippen molar-refractivity contribution in [1.82, 2.24) is 5.32 Å². The van der Waals surface area contributed by atoms with Crippen LogP contribution in [0, 0.1) is 0 Å². The van der Waals surface area contributed by atoms with Crippen molar-refractivity contribution in [3.05, 3.63) is 59.7 Å². The lowest BCUT2D eigenvalue weighted by atomic mass is 10.0. The molecule has 7 heteroatoms. The van der Waals surface area contributed by atoms with Gasteiger partial charge in [-0.3, -0.25) is 14.4 Å². The molecular formula is C21H23NO6. The summed E-state index contributed by atoms with van der Waals surface area (Å²) in [6, 6.07) is 13.3. The van der Waals surface area contributed by atoms with Crippen molar-refractivity contribution in [3.63, 3.8) is 0 Å². The van der Waals surface area contributed by atoms with Crippen LogP contribution in [0.1, 0.15) is 35.3 Å². The number of rotatable bonds is 9. The molecule has 0 unspecified atom stereocenters. The van der Waals surface area contributed by atoms with Gasteiger partial charge in [-0.25, -0.2) is 0 Å². The van der Waals surface area contributed by atoms with E-state index >= 15 is 0 Å². The number of hydrogen-bond donors (Lipinski definition) is 1. The molecule has 1 atom stereocenters. The second kappa shape index (κ2) is 10.1. The molecule has 148 valence electrons. The normalized spacial score (nSPS) is 11.2. The number of hydrogen-bond acceptors (Lipinski definition) is 6. The minimum atomic E-state index is -0.535. The van der Waals surface area contributed by atoms with Crippen LogP contribution in [0.4, 0.5) is 0 Å². The summed E-state index contributed by atoms with van der Waals surface area (Å²) in [6.45, 7) is 1.17. The third kappa shape index (κ3) is 5.84. The Morgan fingerprint density at radius 3 is 2.32 bits per heavy atom. The summed E-state index contributed by atoms with van der Waals surface area (Å²) >= 11 is 0. The molecule has 2 rings (SSSR count). The predicted molar refractivity (Wildman–Crippen MR) is 102 cm³/mol. The highest BCUT2D eigenvalue weighted by Crippen LogP contribution is 2.28. The van der Waals surface area contributed by atoms with Gasteiger partial charge in [-0.1, -0.05) is 30.3 Å². The molecule has 0 spiro atoms. The third-order valence-electron chi connectivity index (χ3n) is 4.06. The Morgan fingerprint density at radius 2 is 1.71 bits per heavy atom. The summed E-state index contributed by atoms with van der Waals surface area (Å²) in [4.78, 5) is 35.5. The van der Waals surface area contributed by atoms with Gasteiger partial charge in [0.2, 0.25) is 0 Å². The molecule has 0 radical (unpaired) electrons. The van der Waals surface area contributed by atoms with Crippen molar-refractivity contribution in [2.24, 2.45) is 0 Å². The first-order chi connectivity index (χ1) is 13.4. The molecule has 0 heterocycles. The average Bonchev–Trinajstić information content (AvgIpc) is 2.71. The van der Waals surface area contributed by atoms with Gasteiger partial charge in [0, 0.05) is 5.56 Å². The zero-order chi connectivity index (χ0) is 20.5. The van der Waals surface area contributed by atoms with Crippen LogP contribution in [0.5, 0.6) is 11.5 Å². The van der Waals surface area contributed by atoms with Crippen molar-refractivity contribution in [2.75, 3.05) is 20.8 Å². The van der Waals surface area contributed by atoms with Crippen LogP contribution in [-0.2, 0) is 14.3 Å². The molecule has 1 amide bonds. The van der Waals surface area contributed by atoms with Gasteiger partial charge < -0.3 is 19.5 Å². The lowest BCUT2D eigenvalue weighted by Gasteiger charge is -2.19. The van der Waals surface area contributed by atoms with Gasteiger partial charge in [0.05, 0.1) is 26.7 Å². The van der Waals surface area contributed by atoms with E-state index in [-0.39, 0.29) is 18.8 Å². The molecule has 0 saturated carbocycles. The standard InChI is InChI=1S/C21H23NO6/c1-14(23)16-9-10-18(19(11-16)26-2)28-13-20(24)22-17(12-21(25)27-3)15-7-5-4-6-8-15/h4-11,17H,12-13H2,1-3H3,(H,22,24)/t17-/m0/s1. The number of ketones is 1. The van der Waals surface area contributed by atoms with Crippen molar-refractivity contribution < 1.29 is 28.6 Å². The fraction of sp³-hybridized carbons (Fsp3) is 0.286. The van der Waals surface area contributed by atoms with E-state index in [1.165, 1.54) is 21.1 Å². The SMILES string of the molecule is COC(=O)C[C@H](NC(=O)COc1ccc(C(C)=O)cc1OC)c1ccccc1. The van der Waals surface area contributed by atoms with Gasteiger partial charge in [-0.15, -0.1) is 0 Å². The zero-order valence-corrected chi connectivity index (χ0v) is 16.1. The fourth-order valence-electron chi connectivity index (χ4n) is 2.57. The maximum atomic E-state index is 12.4. The molecule has 1 N–H and O–H groups in total. The second-order valence-electron chi connectivity index (χ2n) is 6.02. The van der Waals surface area contributed by atoms with E-state index in [1.54, 1.807) is 18.2 Å². The summed E-state index contributed by atoms with van der Waals surface area (Å²) in [7, 11) is 2.75. The molecule has 2 aromatic carbocycles. The number of carbonyl (C=O) groups excluding carboxylic acids is 3.